The quantitative estimate of drug-likeness (QED) is 0.838. The second kappa shape index (κ2) is 6.41. The summed E-state index contributed by atoms with van der Waals surface area (Å²) in [5, 5.41) is 0. The van der Waals surface area contributed by atoms with E-state index in [1.807, 2.05) is 4.90 Å². The van der Waals surface area contributed by atoms with Gasteiger partial charge in [0.2, 0.25) is 5.95 Å². The van der Waals surface area contributed by atoms with Gasteiger partial charge >= 0.3 is 0 Å². The molecule has 3 rings (SSSR count). The van der Waals surface area contributed by atoms with Gasteiger partial charge in [-0.05, 0) is 38.0 Å². The molecular formula is C16H24N4O. The lowest BCUT2D eigenvalue weighted by atomic mass is 10.00. The molecule has 0 radical (unpaired) electrons. The lowest BCUT2D eigenvalue weighted by molar-refractivity contribution is 0.0723. The highest BCUT2D eigenvalue weighted by Crippen LogP contribution is 2.20. The highest BCUT2D eigenvalue weighted by molar-refractivity contribution is 5.93. The fourth-order valence-electron chi connectivity index (χ4n) is 3.08. The Labute approximate surface area is 126 Å². The van der Waals surface area contributed by atoms with Crippen LogP contribution in [0.25, 0.3) is 0 Å². The van der Waals surface area contributed by atoms with Gasteiger partial charge in [0.05, 0.1) is 5.56 Å². The third-order valence-corrected chi connectivity index (χ3v) is 4.59. The van der Waals surface area contributed by atoms with Gasteiger partial charge in [0, 0.05) is 38.6 Å². The SMILES string of the molecule is CC1CCN(c2ncc(C(=O)N3CCCCC3)cn2)CC1. The van der Waals surface area contributed by atoms with Gasteiger partial charge in [-0.2, -0.15) is 0 Å². The number of rotatable bonds is 2. The Bertz CT molecular complexity index is 474. The Morgan fingerprint density at radius 2 is 1.67 bits per heavy atom. The summed E-state index contributed by atoms with van der Waals surface area (Å²) in [4.78, 5) is 25.3. The lowest BCUT2D eigenvalue weighted by Gasteiger charge is -2.30. The first-order chi connectivity index (χ1) is 10.2. The summed E-state index contributed by atoms with van der Waals surface area (Å²) < 4.78 is 0. The molecule has 3 heterocycles. The van der Waals surface area contributed by atoms with E-state index in [1.165, 1.54) is 19.3 Å². The number of carbonyl (C=O) groups is 1. The minimum Gasteiger partial charge on any atom is -0.341 e. The second-order valence-corrected chi connectivity index (χ2v) is 6.29. The molecule has 2 aliphatic rings. The number of likely N-dealkylation sites (tertiary alicyclic amines) is 1. The monoisotopic (exact) mass is 288 g/mol. The Morgan fingerprint density at radius 3 is 2.29 bits per heavy atom. The van der Waals surface area contributed by atoms with E-state index in [1.54, 1.807) is 12.4 Å². The Hall–Kier alpha value is -1.65. The van der Waals surface area contributed by atoms with Crippen molar-refractivity contribution in [3.63, 3.8) is 0 Å². The summed E-state index contributed by atoms with van der Waals surface area (Å²) in [6.07, 6.45) is 9.21. The summed E-state index contributed by atoms with van der Waals surface area (Å²) in [5.74, 6) is 1.63. The largest absolute Gasteiger partial charge is 0.341 e. The van der Waals surface area contributed by atoms with Crippen LogP contribution in [0.5, 0.6) is 0 Å². The molecule has 2 aliphatic heterocycles. The molecule has 5 heteroatoms. The van der Waals surface area contributed by atoms with E-state index in [0.29, 0.717) is 5.56 Å². The highest BCUT2D eigenvalue weighted by Gasteiger charge is 2.21. The van der Waals surface area contributed by atoms with E-state index >= 15 is 0 Å². The van der Waals surface area contributed by atoms with Gasteiger partial charge in [-0.25, -0.2) is 9.97 Å². The molecule has 0 unspecified atom stereocenters. The molecule has 0 atom stereocenters. The van der Waals surface area contributed by atoms with Crippen LogP contribution in [-0.4, -0.2) is 47.0 Å². The van der Waals surface area contributed by atoms with Crippen molar-refractivity contribution in [3.05, 3.63) is 18.0 Å². The van der Waals surface area contributed by atoms with Crippen LogP contribution in [0.15, 0.2) is 12.4 Å². The van der Waals surface area contributed by atoms with E-state index in [-0.39, 0.29) is 5.91 Å². The smallest absolute Gasteiger partial charge is 0.256 e. The fourth-order valence-corrected chi connectivity index (χ4v) is 3.08. The normalized spacial score (nSPS) is 20.6. The molecule has 0 bridgehead atoms. The molecule has 21 heavy (non-hydrogen) atoms. The molecule has 0 spiro atoms. The number of hydrogen-bond acceptors (Lipinski definition) is 4. The maximum Gasteiger partial charge on any atom is 0.256 e. The van der Waals surface area contributed by atoms with E-state index in [0.717, 1.165) is 50.9 Å². The van der Waals surface area contributed by atoms with Crippen LogP contribution >= 0.6 is 0 Å². The van der Waals surface area contributed by atoms with Crippen LogP contribution in [0.4, 0.5) is 5.95 Å². The number of amides is 1. The third-order valence-electron chi connectivity index (χ3n) is 4.59. The number of piperidine rings is 2. The molecule has 5 nitrogen and oxygen atoms in total. The maximum atomic E-state index is 12.4. The molecule has 114 valence electrons. The van der Waals surface area contributed by atoms with Crippen LogP contribution in [0.3, 0.4) is 0 Å². The zero-order chi connectivity index (χ0) is 14.7. The summed E-state index contributed by atoms with van der Waals surface area (Å²) in [5.41, 5.74) is 0.617. The molecule has 1 aromatic heterocycles. The number of anilines is 1. The molecule has 2 saturated heterocycles. The van der Waals surface area contributed by atoms with Crippen LogP contribution < -0.4 is 4.90 Å². The van der Waals surface area contributed by atoms with Crippen molar-refractivity contribution >= 4 is 11.9 Å². The average molecular weight is 288 g/mol. The predicted octanol–water partition coefficient (Wildman–Crippen LogP) is 2.34. The molecule has 1 aromatic rings. The minimum atomic E-state index is 0.0773. The first-order valence-corrected chi connectivity index (χ1v) is 8.10. The van der Waals surface area contributed by atoms with Crippen LogP contribution in [-0.2, 0) is 0 Å². The number of aromatic nitrogens is 2. The van der Waals surface area contributed by atoms with Crippen molar-refractivity contribution in [2.45, 2.75) is 39.0 Å². The first kappa shape index (κ1) is 14.3. The van der Waals surface area contributed by atoms with Crippen molar-refractivity contribution < 1.29 is 4.79 Å². The van der Waals surface area contributed by atoms with Crippen molar-refractivity contribution in [3.8, 4) is 0 Å². The standard InChI is InChI=1S/C16H24N4O/c1-13-5-9-20(10-6-13)16-17-11-14(12-18-16)15(21)19-7-3-2-4-8-19/h11-13H,2-10H2,1H3. The molecule has 0 saturated carbocycles. The van der Waals surface area contributed by atoms with Crippen molar-refractivity contribution in [1.82, 2.24) is 14.9 Å². The zero-order valence-corrected chi connectivity index (χ0v) is 12.8. The molecule has 0 N–H and O–H groups in total. The van der Waals surface area contributed by atoms with Gasteiger partial charge < -0.3 is 9.80 Å². The van der Waals surface area contributed by atoms with Gasteiger partial charge in [-0.3, -0.25) is 4.79 Å². The van der Waals surface area contributed by atoms with Crippen LogP contribution in [0.2, 0.25) is 0 Å². The third kappa shape index (κ3) is 3.34. The molecule has 1 amide bonds. The zero-order valence-electron chi connectivity index (χ0n) is 12.8. The number of hydrogen-bond donors (Lipinski definition) is 0. The van der Waals surface area contributed by atoms with Crippen molar-refractivity contribution in [1.29, 1.82) is 0 Å². The van der Waals surface area contributed by atoms with Crippen LogP contribution in [0, 0.1) is 5.92 Å². The van der Waals surface area contributed by atoms with Gasteiger partial charge in [-0.15, -0.1) is 0 Å². The van der Waals surface area contributed by atoms with Crippen LogP contribution in [0.1, 0.15) is 49.4 Å². The number of nitrogens with zero attached hydrogens (tertiary/aromatic N) is 4. The molecule has 0 aromatic carbocycles. The fraction of sp³-hybridized carbons (Fsp3) is 0.688. The van der Waals surface area contributed by atoms with Gasteiger partial charge in [0.25, 0.3) is 5.91 Å². The highest BCUT2D eigenvalue weighted by atomic mass is 16.2. The number of carbonyl (C=O) groups excluding carboxylic acids is 1. The Balaban J connectivity index is 1.64. The summed E-state index contributed by atoms with van der Waals surface area (Å²) in [6.45, 7) is 6.05. The van der Waals surface area contributed by atoms with Gasteiger partial charge in [0.15, 0.2) is 0 Å². The molecule has 2 fully saturated rings. The van der Waals surface area contributed by atoms with E-state index in [2.05, 4.69) is 21.8 Å². The predicted molar refractivity (Wildman–Crippen MR) is 82.4 cm³/mol. The second-order valence-electron chi connectivity index (χ2n) is 6.29. The van der Waals surface area contributed by atoms with Gasteiger partial charge in [-0.1, -0.05) is 6.92 Å². The van der Waals surface area contributed by atoms with E-state index in [9.17, 15) is 4.79 Å². The summed E-state index contributed by atoms with van der Waals surface area (Å²) in [6, 6.07) is 0. The van der Waals surface area contributed by atoms with Crippen molar-refractivity contribution in [2.24, 2.45) is 5.92 Å². The summed E-state index contributed by atoms with van der Waals surface area (Å²) >= 11 is 0. The molecular weight excluding hydrogens is 264 g/mol. The van der Waals surface area contributed by atoms with E-state index < -0.39 is 0 Å². The first-order valence-electron chi connectivity index (χ1n) is 8.10. The maximum absolute atomic E-state index is 12.4. The molecule has 0 aliphatic carbocycles. The van der Waals surface area contributed by atoms with Gasteiger partial charge in [0.1, 0.15) is 0 Å². The minimum absolute atomic E-state index is 0.0773. The van der Waals surface area contributed by atoms with Crippen molar-refractivity contribution in [2.75, 3.05) is 31.1 Å². The average Bonchev–Trinajstić information content (AvgIpc) is 2.56. The Kier molecular flexibility index (Phi) is 4.36. The van der Waals surface area contributed by atoms with E-state index in [4.69, 9.17) is 0 Å². The summed E-state index contributed by atoms with van der Waals surface area (Å²) in [7, 11) is 0. The lowest BCUT2D eigenvalue weighted by Crippen LogP contribution is -2.36. The Morgan fingerprint density at radius 1 is 1.05 bits per heavy atom. The topological polar surface area (TPSA) is 49.3 Å².